The maximum Gasteiger partial charge on any atom is 0.293 e. The molecule has 0 heterocycles. The third kappa shape index (κ3) is 6.75. The molecule has 0 atom stereocenters. The van der Waals surface area contributed by atoms with Crippen LogP contribution in [0.25, 0.3) is 0 Å². The van der Waals surface area contributed by atoms with E-state index in [1.807, 2.05) is 36.4 Å². The summed E-state index contributed by atoms with van der Waals surface area (Å²) in [4.78, 5) is 3.38. The van der Waals surface area contributed by atoms with E-state index in [9.17, 15) is 0 Å². The SMILES string of the molecule is [2H]Oc1ccc([S+](c2ccc(OCCOC=C)cc2)c2ccc(OCCOC=C)cc2)cc1. The van der Waals surface area contributed by atoms with E-state index in [1.54, 1.807) is 12.1 Å². The second-order valence-electron chi connectivity index (χ2n) is 6.49. The minimum absolute atomic E-state index is 0.363. The fourth-order valence-corrected chi connectivity index (χ4v) is 4.95. The van der Waals surface area contributed by atoms with Crippen LogP contribution in [0.4, 0.5) is 0 Å². The zero-order valence-corrected chi connectivity index (χ0v) is 18.6. The van der Waals surface area contributed by atoms with Gasteiger partial charge in [0, 0.05) is 0 Å². The summed E-state index contributed by atoms with van der Waals surface area (Å²) in [6.45, 7) is 8.84. The molecule has 0 fully saturated rings. The molecule has 6 heteroatoms. The lowest BCUT2D eigenvalue weighted by atomic mass is 10.3. The standard InChI is InChI=1S/C26H26O5S/c1-3-28-17-19-30-22-7-13-25(14-8-22)32(24-11-5-21(27)6-12-24)26-15-9-23(10-16-26)31-20-18-29-4-2/h3-16H,1-2,17-20H2/p+1/i/hD. The summed E-state index contributed by atoms with van der Waals surface area (Å²) in [5, 5.41) is 4.59. The van der Waals surface area contributed by atoms with Crippen LogP contribution in [0.5, 0.6) is 17.2 Å². The number of ether oxygens (including phenoxy) is 4. The Morgan fingerprint density at radius 1 is 0.656 bits per heavy atom. The smallest absolute Gasteiger partial charge is 0.293 e. The van der Waals surface area contributed by atoms with Gasteiger partial charge in [-0.15, -0.1) is 0 Å². The molecule has 0 saturated carbocycles. The monoisotopic (exact) mass is 452 g/mol. The highest BCUT2D eigenvalue weighted by Crippen LogP contribution is 2.33. The van der Waals surface area contributed by atoms with Crippen LogP contribution in [0.2, 0.25) is 0 Å². The second kappa shape index (κ2) is 12.4. The van der Waals surface area contributed by atoms with Crippen LogP contribution in [0.1, 0.15) is 0 Å². The van der Waals surface area contributed by atoms with E-state index < -0.39 is 0 Å². The van der Waals surface area contributed by atoms with Crippen molar-refractivity contribution in [3.05, 3.63) is 98.5 Å². The summed E-state index contributed by atoms with van der Waals surface area (Å²) in [5.74, 6) is 2.05. The number of aromatic hydroxyl groups is 1. The van der Waals surface area contributed by atoms with Crippen LogP contribution in [0.3, 0.4) is 0 Å². The number of rotatable bonds is 14. The van der Waals surface area contributed by atoms with Crippen molar-refractivity contribution in [2.24, 2.45) is 0 Å². The lowest BCUT2D eigenvalue weighted by molar-refractivity contribution is 0.179. The van der Waals surface area contributed by atoms with Crippen molar-refractivity contribution in [3.8, 4) is 17.2 Å². The molecule has 1 N–H and O–H groups in total. The van der Waals surface area contributed by atoms with Gasteiger partial charge in [0.05, 0.1) is 23.4 Å². The molecule has 0 aromatic heterocycles. The summed E-state index contributed by atoms with van der Waals surface area (Å²) in [5.41, 5.74) is 0. The van der Waals surface area contributed by atoms with E-state index >= 15 is 0 Å². The third-order valence-corrected chi connectivity index (χ3v) is 6.58. The molecule has 32 heavy (non-hydrogen) atoms. The lowest BCUT2D eigenvalue weighted by Gasteiger charge is -2.11. The van der Waals surface area contributed by atoms with E-state index in [0.717, 1.165) is 26.2 Å². The molecule has 3 rings (SSSR count). The van der Waals surface area contributed by atoms with E-state index in [0.29, 0.717) is 32.2 Å². The van der Waals surface area contributed by atoms with E-state index in [4.69, 9.17) is 20.4 Å². The first-order valence-electron chi connectivity index (χ1n) is 10.5. The normalized spacial score (nSPS) is 10.7. The molecule has 0 saturated heterocycles. The minimum Gasteiger partial charge on any atom is -0.508 e. The van der Waals surface area contributed by atoms with Gasteiger partial charge in [-0.3, -0.25) is 0 Å². The predicted octanol–water partition coefficient (Wildman–Crippen LogP) is 5.57. The minimum atomic E-state index is -0.363. The highest BCUT2D eigenvalue weighted by atomic mass is 32.2. The van der Waals surface area contributed by atoms with E-state index in [2.05, 4.69) is 42.5 Å². The van der Waals surface area contributed by atoms with Gasteiger partial charge in [-0.25, -0.2) is 0 Å². The number of benzene rings is 3. The summed E-state index contributed by atoms with van der Waals surface area (Å²) >= 11 is 0. The van der Waals surface area contributed by atoms with Gasteiger partial charge in [-0.1, -0.05) is 13.2 Å². The van der Waals surface area contributed by atoms with Gasteiger partial charge in [0.1, 0.15) is 43.7 Å². The largest absolute Gasteiger partial charge is 0.508 e. The summed E-state index contributed by atoms with van der Waals surface area (Å²) in [6, 6.07) is 23.7. The fraction of sp³-hybridized carbons (Fsp3) is 0.154. The molecule has 0 aliphatic rings. The first-order chi connectivity index (χ1) is 16.2. The van der Waals surface area contributed by atoms with E-state index in [-0.39, 0.29) is 10.9 Å². The Morgan fingerprint density at radius 3 is 1.44 bits per heavy atom. The van der Waals surface area contributed by atoms with Gasteiger partial charge in [0.2, 0.25) is 0 Å². The number of phenols is 1. The Labute approximate surface area is 193 Å². The van der Waals surface area contributed by atoms with Gasteiger partial charge < -0.3 is 24.1 Å². The van der Waals surface area contributed by atoms with Crippen LogP contribution in [-0.2, 0) is 20.4 Å². The maximum atomic E-state index is 7.11. The van der Waals surface area contributed by atoms with Crippen molar-refractivity contribution in [3.63, 3.8) is 0 Å². The molecule has 0 aliphatic heterocycles. The summed E-state index contributed by atoms with van der Waals surface area (Å²) < 4.78 is 28.7. The molecule has 3 aromatic rings. The molecule has 3 aromatic carbocycles. The van der Waals surface area contributed by atoms with Gasteiger partial charge in [0.15, 0.2) is 14.7 Å². The summed E-state index contributed by atoms with van der Waals surface area (Å²) in [7, 11) is -0.363. The Balaban J connectivity index is 1.81. The molecular weight excluding hydrogens is 424 g/mol. The molecule has 0 aliphatic carbocycles. The molecule has 0 amide bonds. The number of hydrogen-bond acceptors (Lipinski definition) is 5. The van der Waals surface area contributed by atoms with Crippen LogP contribution in [0.15, 0.2) is 113 Å². The van der Waals surface area contributed by atoms with Gasteiger partial charge in [-0.2, -0.15) is 0 Å². The van der Waals surface area contributed by atoms with Crippen LogP contribution in [-0.4, -0.2) is 33.0 Å². The van der Waals surface area contributed by atoms with Gasteiger partial charge >= 0.3 is 0 Å². The maximum absolute atomic E-state index is 7.11. The molecule has 5 nitrogen and oxygen atoms in total. The Bertz CT molecular complexity index is 931. The number of phenolic OH excluding ortho intramolecular Hbond substituents is 1. The van der Waals surface area contributed by atoms with Crippen molar-refractivity contribution in [1.82, 2.24) is 0 Å². The summed E-state index contributed by atoms with van der Waals surface area (Å²) in [6.07, 6.45) is 2.81. The Hall–Kier alpha value is -3.51. The zero-order chi connectivity index (χ0) is 23.3. The zero-order valence-electron chi connectivity index (χ0n) is 18.8. The van der Waals surface area contributed by atoms with Gasteiger partial charge in [0.25, 0.3) is 1.43 Å². The average molecular weight is 453 g/mol. The van der Waals surface area contributed by atoms with Crippen molar-refractivity contribution in [2.75, 3.05) is 26.4 Å². The molecule has 0 spiro atoms. The van der Waals surface area contributed by atoms with Crippen LogP contribution in [0, 0.1) is 0 Å². The molecule has 0 unspecified atom stereocenters. The predicted molar refractivity (Wildman–Crippen MR) is 126 cm³/mol. The fourth-order valence-electron chi connectivity index (χ4n) is 2.91. The average Bonchev–Trinajstić information content (AvgIpc) is 2.87. The molecule has 166 valence electrons. The molecule has 0 bridgehead atoms. The Morgan fingerprint density at radius 2 is 1.06 bits per heavy atom. The molecular formula is C26H27O5S+. The Kier molecular flexibility index (Phi) is 8.39. The van der Waals surface area contributed by atoms with Crippen molar-refractivity contribution in [1.29, 1.82) is 1.43 Å². The topological polar surface area (TPSA) is 57.2 Å². The first kappa shape index (κ1) is 21.7. The van der Waals surface area contributed by atoms with E-state index in [1.165, 1.54) is 12.5 Å². The quantitative estimate of drug-likeness (QED) is 0.197. The first-order valence-corrected chi connectivity index (χ1v) is 11.4. The highest BCUT2D eigenvalue weighted by Gasteiger charge is 2.28. The highest BCUT2D eigenvalue weighted by molar-refractivity contribution is 7.97. The molecule has 0 radical (unpaired) electrons. The van der Waals surface area contributed by atoms with Gasteiger partial charge in [-0.05, 0) is 72.8 Å². The van der Waals surface area contributed by atoms with Crippen molar-refractivity contribution < 1.29 is 24.1 Å². The van der Waals surface area contributed by atoms with Crippen molar-refractivity contribution >= 4 is 10.9 Å². The van der Waals surface area contributed by atoms with Crippen LogP contribution < -0.4 is 9.47 Å². The third-order valence-electron chi connectivity index (χ3n) is 4.35. The lowest BCUT2D eigenvalue weighted by Crippen LogP contribution is -2.07. The van der Waals surface area contributed by atoms with Crippen molar-refractivity contribution in [2.45, 2.75) is 14.7 Å². The second-order valence-corrected chi connectivity index (χ2v) is 8.52. The van der Waals surface area contributed by atoms with Crippen LogP contribution >= 0.6 is 0 Å². The number of hydrogen-bond donors (Lipinski definition) is 1.